The number of nitrogens with one attached hydrogen (secondary N) is 1. The molecule has 30 heavy (non-hydrogen) atoms. The number of carbonyl (C=O) groups excluding carboxylic acids is 2. The zero-order valence-corrected chi connectivity index (χ0v) is 17.7. The first kappa shape index (κ1) is 21.5. The largest absolute Gasteiger partial charge is 0.332 e. The minimum Gasteiger partial charge on any atom is -0.332 e. The lowest BCUT2D eigenvalue weighted by atomic mass is 10.1. The summed E-state index contributed by atoms with van der Waals surface area (Å²) in [6.07, 6.45) is 0.780. The van der Waals surface area contributed by atoms with Crippen LogP contribution in [0, 0.1) is 12.7 Å². The van der Waals surface area contributed by atoms with E-state index in [4.69, 9.17) is 11.6 Å². The van der Waals surface area contributed by atoms with Crippen molar-refractivity contribution in [3.05, 3.63) is 76.3 Å². The van der Waals surface area contributed by atoms with Gasteiger partial charge in [-0.2, -0.15) is 5.10 Å². The van der Waals surface area contributed by atoms with Gasteiger partial charge < -0.3 is 10.2 Å². The van der Waals surface area contributed by atoms with E-state index in [1.165, 1.54) is 40.9 Å². The number of para-hydroxylation sites is 1. The van der Waals surface area contributed by atoms with E-state index in [2.05, 4.69) is 10.4 Å². The molecule has 0 bridgehead atoms. The van der Waals surface area contributed by atoms with Crippen LogP contribution in [0.15, 0.2) is 48.5 Å². The van der Waals surface area contributed by atoms with Crippen molar-refractivity contribution in [1.82, 2.24) is 14.7 Å². The van der Waals surface area contributed by atoms with E-state index in [-0.39, 0.29) is 29.0 Å². The second-order valence-electron chi connectivity index (χ2n) is 6.86. The van der Waals surface area contributed by atoms with Crippen LogP contribution in [-0.4, -0.2) is 40.1 Å². The third-order valence-electron chi connectivity index (χ3n) is 4.69. The Morgan fingerprint density at radius 3 is 2.50 bits per heavy atom. The van der Waals surface area contributed by atoms with Crippen molar-refractivity contribution in [2.45, 2.75) is 20.3 Å². The third kappa shape index (κ3) is 4.52. The summed E-state index contributed by atoms with van der Waals surface area (Å²) in [6.45, 7) is 3.52. The number of aromatic nitrogens is 2. The molecule has 3 aromatic rings. The lowest BCUT2D eigenvalue weighted by molar-refractivity contribution is -0.116. The maximum atomic E-state index is 13.2. The smallest absolute Gasteiger partial charge is 0.259 e. The molecule has 0 aliphatic heterocycles. The molecule has 0 atom stereocenters. The van der Waals surface area contributed by atoms with Crippen LogP contribution in [0.3, 0.4) is 0 Å². The summed E-state index contributed by atoms with van der Waals surface area (Å²) in [5, 5.41) is 7.24. The SMILES string of the molecule is CCc1ccccc1NC(=O)CN(C)C(=O)c1c(C)nn(-c2ccc(F)cc2)c1Cl. The Kier molecular flexibility index (Phi) is 6.52. The van der Waals surface area contributed by atoms with Gasteiger partial charge in [0, 0.05) is 12.7 Å². The van der Waals surface area contributed by atoms with Crippen molar-refractivity contribution in [2.75, 3.05) is 18.9 Å². The minimum atomic E-state index is -0.426. The Hall–Kier alpha value is -3.19. The molecule has 0 unspecified atom stereocenters. The molecule has 0 aliphatic rings. The molecule has 3 rings (SSSR count). The van der Waals surface area contributed by atoms with E-state index in [0.29, 0.717) is 11.4 Å². The van der Waals surface area contributed by atoms with Crippen molar-refractivity contribution >= 4 is 29.1 Å². The Morgan fingerprint density at radius 1 is 1.17 bits per heavy atom. The minimum absolute atomic E-state index is 0.104. The lowest BCUT2D eigenvalue weighted by Gasteiger charge is -2.17. The normalized spacial score (nSPS) is 10.7. The highest BCUT2D eigenvalue weighted by atomic mass is 35.5. The van der Waals surface area contributed by atoms with Gasteiger partial charge in [0.1, 0.15) is 11.0 Å². The molecule has 0 saturated carbocycles. The van der Waals surface area contributed by atoms with Crippen molar-refractivity contribution in [2.24, 2.45) is 0 Å². The third-order valence-corrected chi connectivity index (χ3v) is 5.04. The average molecular weight is 429 g/mol. The second-order valence-corrected chi connectivity index (χ2v) is 7.22. The second kappa shape index (κ2) is 9.09. The van der Waals surface area contributed by atoms with Crippen LogP contribution in [0.1, 0.15) is 28.5 Å². The molecule has 0 fully saturated rings. The average Bonchev–Trinajstić information content (AvgIpc) is 3.02. The van der Waals surface area contributed by atoms with Gasteiger partial charge in [0.05, 0.1) is 23.5 Å². The van der Waals surface area contributed by atoms with Crippen LogP contribution in [0.4, 0.5) is 10.1 Å². The first-order valence-corrected chi connectivity index (χ1v) is 9.83. The number of halogens is 2. The van der Waals surface area contributed by atoms with Gasteiger partial charge in [0.15, 0.2) is 0 Å². The standard InChI is InChI=1S/C22H22ClFN4O2/c1-4-15-7-5-6-8-18(15)25-19(29)13-27(3)22(30)20-14(2)26-28(21(20)23)17-11-9-16(24)10-12-17/h5-12H,4,13H2,1-3H3,(H,25,29). The van der Waals surface area contributed by atoms with Crippen LogP contribution in [0.2, 0.25) is 5.15 Å². The fourth-order valence-corrected chi connectivity index (χ4v) is 3.47. The molecule has 6 nitrogen and oxygen atoms in total. The van der Waals surface area contributed by atoms with Gasteiger partial charge in [0.2, 0.25) is 5.91 Å². The van der Waals surface area contributed by atoms with Crippen molar-refractivity contribution in [1.29, 1.82) is 0 Å². The predicted octanol–water partition coefficient (Wildman–Crippen LogP) is 4.25. The van der Waals surface area contributed by atoms with Gasteiger partial charge in [-0.1, -0.05) is 36.7 Å². The van der Waals surface area contributed by atoms with Crippen LogP contribution in [-0.2, 0) is 11.2 Å². The first-order valence-electron chi connectivity index (χ1n) is 9.46. The van der Waals surface area contributed by atoms with Crippen molar-refractivity contribution in [3.63, 3.8) is 0 Å². The van der Waals surface area contributed by atoms with Gasteiger partial charge in [-0.3, -0.25) is 9.59 Å². The number of carbonyl (C=O) groups is 2. The topological polar surface area (TPSA) is 67.2 Å². The monoisotopic (exact) mass is 428 g/mol. The van der Waals surface area contributed by atoms with Gasteiger partial charge in [-0.25, -0.2) is 9.07 Å². The highest BCUT2D eigenvalue weighted by Crippen LogP contribution is 2.25. The predicted molar refractivity (Wildman–Crippen MR) is 115 cm³/mol. The number of anilines is 1. The molecule has 0 spiro atoms. The molecule has 0 radical (unpaired) electrons. The summed E-state index contributed by atoms with van der Waals surface area (Å²) in [6, 6.07) is 13.1. The van der Waals surface area contributed by atoms with Gasteiger partial charge in [-0.15, -0.1) is 0 Å². The van der Waals surface area contributed by atoms with E-state index in [1.54, 1.807) is 6.92 Å². The Morgan fingerprint density at radius 2 is 1.83 bits per heavy atom. The van der Waals surface area contributed by atoms with Crippen LogP contribution < -0.4 is 5.32 Å². The zero-order valence-electron chi connectivity index (χ0n) is 16.9. The van der Waals surface area contributed by atoms with Gasteiger partial charge in [-0.05, 0) is 49.2 Å². The zero-order chi connectivity index (χ0) is 21.8. The number of aryl methyl sites for hydroxylation is 2. The summed E-state index contributed by atoms with van der Waals surface area (Å²) >= 11 is 6.41. The Bertz CT molecular complexity index is 1080. The highest BCUT2D eigenvalue weighted by Gasteiger charge is 2.25. The number of likely N-dealkylation sites (N-methyl/N-ethyl adjacent to an activating group) is 1. The van der Waals surface area contributed by atoms with E-state index in [1.807, 2.05) is 31.2 Å². The van der Waals surface area contributed by atoms with Crippen molar-refractivity contribution < 1.29 is 14.0 Å². The summed E-state index contributed by atoms with van der Waals surface area (Å²) in [7, 11) is 1.53. The van der Waals surface area contributed by atoms with Gasteiger partial charge in [0.25, 0.3) is 5.91 Å². The molecular weight excluding hydrogens is 407 g/mol. The lowest BCUT2D eigenvalue weighted by Crippen LogP contribution is -2.35. The summed E-state index contributed by atoms with van der Waals surface area (Å²) in [4.78, 5) is 26.7. The summed E-state index contributed by atoms with van der Waals surface area (Å²) in [5.41, 5.74) is 2.88. The Balaban J connectivity index is 1.76. The maximum Gasteiger partial charge on any atom is 0.259 e. The number of benzene rings is 2. The van der Waals surface area contributed by atoms with E-state index >= 15 is 0 Å². The van der Waals surface area contributed by atoms with Crippen LogP contribution >= 0.6 is 11.6 Å². The molecule has 156 valence electrons. The highest BCUT2D eigenvalue weighted by molar-refractivity contribution is 6.33. The number of amides is 2. The van der Waals surface area contributed by atoms with E-state index < -0.39 is 5.91 Å². The maximum absolute atomic E-state index is 13.2. The Labute approximate surface area is 179 Å². The quantitative estimate of drug-likeness (QED) is 0.638. The molecule has 1 aromatic heterocycles. The molecule has 2 aromatic carbocycles. The molecule has 1 N–H and O–H groups in total. The van der Waals surface area contributed by atoms with Crippen molar-refractivity contribution in [3.8, 4) is 5.69 Å². The number of hydrogen-bond acceptors (Lipinski definition) is 3. The van der Waals surface area contributed by atoms with E-state index in [9.17, 15) is 14.0 Å². The fourth-order valence-electron chi connectivity index (χ4n) is 3.11. The summed E-state index contributed by atoms with van der Waals surface area (Å²) in [5.74, 6) is -1.12. The molecule has 0 saturated heterocycles. The van der Waals surface area contributed by atoms with Gasteiger partial charge >= 0.3 is 0 Å². The molecule has 1 heterocycles. The number of hydrogen-bond donors (Lipinski definition) is 1. The van der Waals surface area contributed by atoms with Crippen LogP contribution in [0.25, 0.3) is 5.69 Å². The number of rotatable bonds is 6. The van der Waals surface area contributed by atoms with E-state index in [0.717, 1.165) is 17.7 Å². The molecule has 0 aliphatic carbocycles. The summed E-state index contributed by atoms with van der Waals surface area (Å²) < 4.78 is 14.6. The molecule has 2 amide bonds. The number of nitrogens with zero attached hydrogens (tertiary/aromatic N) is 3. The molecular formula is C22H22ClFN4O2. The molecule has 8 heteroatoms. The fraction of sp³-hybridized carbons (Fsp3) is 0.227. The first-order chi connectivity index (χ1) is 14.3. The van der Waals surface area contributed by atoms with Crippen LogP contribution in [0.5, 0.6) is 0 Å².